The van der Waals surface area contributed by atoms with E-state index in [9.17, 15) is 18.0 Å². The summed E-state index contributed by atoms with van der Waals surface area (Å²) >= 11 is 1.36. The molecule has 10 heteroatoms. The van der Waals surface area contributed by atoms with Crippen molar-refractivity contribution < 1.29 is 22.7 Å². The molecule has 0 atom stereocenters. The van der Waals surface area contributed by atoms with Gasteiger partial charge in [-0.3, -0.25) is 9.59 Å². The Hall–Kier alpha value is -2.82. The largest absolute Gasteiger partial charge is 0.465 e. The van der Waals surface area contributed by atoms with Gasteiger partial charge in [-0.25, -0.2) is 8.42 Å². The summed E-state index contributed by atoms with van der Waals surface area (Å²) in [6.07, 6.45) is 0.796. The van der Waals surface area contributed by atoms with Crippen LogP contribution in [0.15, 0.2) is 52.4 Å². The smallest absolute Gasteiger partial charge is 0.326 e. The van der Waals surface area contributed by atoms with Gasteiger partial charge in [0.15, 0.2) is 4.80 Å². The molecule has 186 valence electrons. The van der Waals surface area contributed by atoms with Gasteiger partial charge in [0.1, 0.15) is 6.54 Å². The zero-order valence-corrected chi connectivity index (χ0v) is 21.7. The van der Waals surface area contributed by atoms with E-state index in [4.69, 9.17) is 4.74 Å². The van der Waals surface area contributed by atoms with Gasteiger partial charge < -0.3 is 9.30 Å². The van der Waals surface area contributed by atoms with Crippen molar-refractivity contribution in [2.24, 2.45) is 10.9 Å². The third-order valence-corrected chi connectivity index (χ3v) is 9.05. The first-order chi connectivity index (χ1) is 16.7. The number of rotatable bonds is 6. The molecule has 35 heavy (non-hydrogen) atoms. The van der Waals surface area contributed by atoms with Gasteiger partial charge in [0.25, 0.3) is 5.91 Å². The highest BCUT2D eigenvalue weighted by Gasteiger charge is 2.32. The van der Waals surface area contributed by atoms with Gasteiger partial charge in [0.05, 0.1) is 21.7 Å². The second kappa shape index (κ2) is 10.4. The monoisotopic (exact) mass is 515 g/mol. The number of hydrogen-bond acceptors (Lipinski definition) is 6. The fourth-order valence-electron chi connectivity index (χ4n) is 4.14. The Kier molecular flexibility index (Phi) is 7.53. The van der Waals surface area contributed by atoms with Gasteiger partial charge in [0.2, 0.25) is 10.0 Å². The SMILES string of the molecule is CCOC(=O)Cn1c(=NC(=O)C2CCN(S(=O)(=O)c3ccc(C)cc3)CC2)sc2cc(C)ccc21. The molecule has 1 amide bonds. The molecule has 0 saturated carbocycles. The minimum atomic E-state index is -3.60. The van der Waals surface area contributed by atoms with Crippen LogP contribution in [0, 0.1) is 19.8 Å². The summed E-state index contributed by atoms with van der Waals surface area (Å²) in [7, 11) is -3.60. The standard InChI is InChI=1S/C25H29N3O5S2/c1-4-33-23(29)16-28-21-10-7-18(3)15-22(21)34-25(28)26-24(30)19-11-13-27(14-12-19)35(31,32)20-8-5-17(2)6-9-20/h5-10,15,19H,4,11-14,16H2,1-3H3. The van der Waals surface area contributed by atoms with E-state index in [0.717, 1.165) is 21.3 Å². The predicted octanol–water partition coefficient (Wildman–Crippen LogP) is 3.41. The molecule has 8 nitrogen and oxygen atoms in total. The fourth-order valence-corrected chi connectivity index (χ4v) is 6.74. The van der Waals surface area contributed by atoms with Crippen LogP contribution < -0.4 is 4.80 Å². The Morgan fingerprint density at radius 3 is 2.37 bits per heavy atom. The number of amides is 1. The number of carbonyl (C=O) groups is 2. The number of piperidine rings is 1. The molecule has 1 aromatic heterocycles. The second-order valence-corrected chi connectivity index (χ2v) is 11.6. The van der Waals surface area contributed by atoms with Crippen molar-refractivity contribution in [3.05, 3.63) is 58.4 Å². The molecule has 1 saturated heterocycles. The highest BCUT2D eigenvalue weighted by atomic mass is 32.2. The summed E-state index contributed by atoms with van der Waals surface area (Å²) in [5.41, 5.74) is 2.88. The molecule has 4 rings (SSSR count). The molecular weight excluding hydrogens is 486 g/mol. The van der Waals surface area contributed by atoms with E-state index in [1.54, 1.807) is 35.8 Å². The maximum absolute atomic E-state index is 13.1. The Morgan fingerprint density at radius 1 is 1.06 bits per heavy atom. The number of aryl methyl sites for hydroxylation is 2. The van der Waals surface area contributed by atoms with E-state index < -0.39 is 16.0 Å². The van der Waals surface area contributed by atoms with E-state index in [2.05, 4.69) is 4.99 Å². The maximum atomic E-state index is 13.1. The molecule has 1 aliphatic heterocycles. The molecule has 0 spiro atoms. The van der Waals surface area contributed by atoms with E-state index in [0.29, 0.717) is 17.6 Å². The van der Waals surface area contributed by atoms with Gasteiger partial charge in [-0.15, -0.1) is 0 Å². The van der Waals surface area contributed by atoms with Crippen molar-refractivity contribution in [2.75, 3.05) is 19.7 Å². The molecule has 0 radical (unpaired) electrons. The topological polar surface area (TPSA) is 98.0 Å². The highest BCUT2D eigenvalue weighted by Crippen LogP contribution is 2.25. The van der Waals surface area contributed by atoms with Crippen LogP contribution in [0.5, 0.6) is 0 Å². The van der Waals surface area contributed by atoms with Crippen LogP contribution >= 0.6 is 11.3 Å². The Morgan fingerprint density at radius 2 is 1.71 bits per heavy atom. The van der Waals surface area contributed by atoms with E-state index in [-0.39, 0.29) is 43.0 Å². The van der Waals surface area contributed by atoms with Crippen molar-refractivity contribution in [2.45, 2.75) is 45.1 Å². The number of thiazole rings is 1. The number of hydrogen-bond donors (Lipinski definition) is 0. The number of benzene rings is 2. The first-order valence-electron chi connectivity index (χ1n) is 11.6. The van der Waals surface area contributed by atoms with Crippen molar-refractivity contribution in [3.63, 3.8) is 0 Å². The van der Waals surface area contributed by atoms with Gasteiger partial charge >= 0.3 is 5.97 Å². The quantitative estimate of drug-likeness (QED) is 0.469. The molecular formula is C25H29N3O5S2. The van der Waals surface area contributed by atoms with Gasteiger partial charge in [0, 0.05) is 19.0 Å². The maximum Gasteiger partial charge on any atom is 0.326 e. The van der Waals surface area contributed by atoms with Gasteiger partial charge in [-0.05, 0) is 63.4 Å². The number of carbonyl (C=O) groups excluding carboxylic acids is 2. The number of esters is 1. The predicted molar refractivity (Wildman–Crippen MR) is 134 cm³/mol. The van der Waals surface area contributed by atoms with Crippen LogP contribution in [-0.4, -0.2) is 48.9 Å². The summed E-state index contributed by atoms with van der Waals surface area (Å²) in [5.74, 6) is -1.06. The van der Waals surface area contributed by atoms with Crippen molar-refractivity contribution in [3.8, 4) is 0 Å². The summed E-state index contributed by atoms with van der Waals surface area (Å²) in [4.78, 5) is 30.4. The van der Waals surface area contributed by atoms with E-state index in [1.807, 2.05) is 32.0 Å². The van der Waals surface area contributed by atoms with Crippen LogP contribution in [0.1, 0.15) is 30.9 Å². The first kappa shape index (κ1) is 25.3. The molecule has 1 fully saturated rings. The molecule has 0 bridgehead atoms. The molecule has 0 aliphatic carbocycles. The molecule has 1 aliphatic rings. The molecule has 3 aromatic rings. The van der Waals surface area contributed by atoms with Crippen LogP contribution in [0.2, 0.25) is 0 Å². The first-order valence-corrected chi connectivity index (χ1v) is 13.9. The van der Waals surface area contributed by atoms with Crippen molar-refractivity contribution >= 4 is 43.5 Å². The average molecular weight is 516 g/mol. The second-order valence-electron chi connectivity index (χ2n) is 8.69. The number of nitrogens with zero attached hydrogens (tertiary/aromatic N) is 3. The third-order valence-electron chi connectivity index (χ3n) is 6.10. The van der Waals surface area contributed by atoms with Crippen LogP contribution in [0.25, 0.3) is 10.2 Å². The summed E-state index contributed by atoms with van der Waals surface area (Å²) in [5, 5.41) is 0. The zero-order valence-electron chi connectivity index (χ0n) is 20.1. The normalized spacial score (nSPS) is 16.0. The number of sulfonamides is 1. The average Bonchev–Trinajstić information content (AvgIpc) is 3.15. The summed E-state index contributed by atoms with van der Waals surface area (Å²) in [6.45, 7) is 6.40. The zero-order chi connectivity index (χ0) is 25.2. The fraction of sp³-hybridized carbons (Fsp3) is 0.400. The molecule has 2 aromatic carbocycles. The van der Waals surface area contributed by atoms with Crippen LogP contribution in [0.3, 0.4) is 0 Å². The van der Waals surface area contributed by atoms with E-state index >= 15 is 0 Å². The summed E-state index contributed by atoms with van der Waals surface area (Å²) in [6, 6.07) is 12.6. The minimum absolute atomic E-state index is 0.0315. The van der Waals surface area contributed by atoms with Gasteiger partial charge in [-0.2, -0.15) is 9.30 Å². The summed E-state index contributed by atoms with van der Waals surface area (Å²) < 4.78 is 35.1. The molecule has 2 heterocycles. The number of ether oxygens (including phenoxy) is 1. The van der Waals surface area contributed by atoms with Crippen LogP contribution in [0.4, 0.5) is 0 Å². The third kappa shape index (κ3) is 5.55. The van der Waals surface area contributed by atoms with Crippen LogP contribution in [-0.2, 0) is 30.9 Å². The minimum Gasteiger partial charge on any atom is -0.465 e. The number of aromatic nitrogens is 1. The Bertz CT molecular complexity index is 1410. The van der Waals surface area contributed by atoms with E-state index in [1.165, 1.54) is 15.6 Å². The Labute approximate surface area is 208 Å². The molecule has 0 N–H and O–H groups in total. The number of fused-ring (bicyclic) bond motifs is 1. The lowest BCUT2D eigenvalue weighted by Gasteiger charge is -2.29. The van der Waals surface area contributed by atoms with Crippen molar-refractivity contribution in [1.82, 2.24) is 8.87 Å². The lowest BCUT2D eigenvalue weighted by molar-refractivity contribution is -0.143. The van der Waals surface area contributed by atoms with Gasteiger partial charge in [-0.1, -0.05) is 35.1 Å². The van der Waals surface area contributed by atoms with Crippen molar-refractivity contribution in [1.29, 1.82) is 0 Å². The molecule has 0 unspecified atom stereocenters. The lowest BCUT2D eigenvalue weighted by Crippen LogP contribution is -2.40. The Balaban J connectivity index is 1.54. The lowest BCUT2D eigenvalue weighted by atomic mass is 9.98. The highest BCUT2D eigenvalue weighted by molar-refractivity contribution is 7.89.